The monoisotopic (exact) mass is 217 g/mol. The summed E-state index contributed by atoms with van der Waals surface area (Å²) in [5, 5.41) is -4.14. The van der Waals surface area contributed by atoms with E-state index in [0.29, 0.717) is 0 Å². The average Bonchev–Trinajstić information content (AvgIpc) is 1.62. The second-order valence-corrected chi connectivity index (χ2v) is 2.80. The molecule has 0 aromatic heterocycles. The molecule has 1 atom stereocenters. The van der Waals surface area contributed by atoms with E-state index in [1.807, 2.05) is 0 Å². The molecule has 0 aromatic rings. The van der Waals surface area contributed by atoms with Crippen molar-refractivity contribution in [2.24, 2.45) is 0 Å². The third-order valence-electron chi connectivity index (χ3n) is 0.593. The maximum atomic E-state index is 12.1. The van der Waals surface area contributed by atoms with Crippen molar-refractivity contribution in [2.45, 2.75) is 11.3 Å². The van der Waals surface area contributed by atoms with Crippen molar-refractivity contribution in [2.75, 3.05) is 0 Å². The van der Waals surface area contributed by atoms with Crippen molar-refractivity contribution in [3.8, 4) is 0 Å². The molecule has 7 heteroatoms. The quantitative estimate of drug-likeness (QED) is 0.467. The van der Waals surface area contributed by atoms with E-state index >= 15 is 0 Å². The van der Waals surface area contributed by atoms with Crippen molar-refractivity contribution in [3.05, 3.63) is 4.84 Å². The Balaban J connectivity index is 4.40. The standard InChI is InChI=1S/C3Cl3F4/c4-1(5)2(6,7)3(8,9)10. The van der Waals surface area contributed by atoms with Crippen molar-refractivity contribution >= 4 is 34.8 Å². The van der Waals surface area contributed by atoms with Gasteiger partial charge in [-0.3, -0.25) is 0 Å². The van der Waals surface area contributed by atoms with Gasteiger partial charge in [0.05, 0.1) is 0 Å². The fourth-order valence-corrected chi connectivity index (χ4v) is 0.321. The van der Waals surface area contributed by atoms with Gasteiger partial charge in [0, 0.05) is 0 Å². The van der Waals surface area contributed by atoms with Crippen LogP contribution >= 0.6 is 34.8 Å². The summed E-state index contributed by atoms with van der Waals surface area (Å²) in [6, 6.07) is 0. The predicted molar refractivity (Wildman–Crippen MR) is 30.7 cm³/mol. The van der Waals surface area contributed by atoms with Crippen LogP contribution in [-0.2, 0) is 0 Å². The zero-order chi connectivity index (χ0) is 8.58. The molecular weight excluding hydrogens is 218 g/mol. The van der Waals surface area contributed by atoms with Gasteiger partial charge >= 0.3 is 11.3 Å². The van der Waals surface area contributed by atoms with Gasteiger partial charge in [0.25, 0.3) is 0 Å². The highest BCUT2D eigenvalue weighted by Crippen LogP contribution is 2.47. The highest BCUT2D eigenvalue weighted by Gasteiger charge is 2.60. The van der Waals surface area contributed by atoms with E-state index in [9.17, 15) is 17.6 Å². The molecule has 0 aliphatic carbocycles. The molecule has 1 radical (unpaired) electrons. The maximum absolute atomic E-state index is 12.1. The van der Waals surface area contributed by atoms with E-state index in [1.54, 1.807) is 0 Å². The van der Waals surface area contributed by atoms with Crippen LogP contribution in [0.2, 0.25) is 0 Å². The minimum Gasteiger partial charge on any atom is -0.212 e. The van der Waals surface area contributed by atoms with Crippen molar-refractivity contribution in [1.82, 2.24) is 0 Å². The molecule has 10 heavy (non-hydrogen) atoms. The lowest BCUT2D eigenvalue weighted by Crippen LogP contribution is -2.37. The number of alkyl halides is 5. The van der Waals surface area contributed by atoms with Gasteiger partial charge < -0.3 is 0 Å². The fourth-order valence-electron chi connectivity index (χ4n) is 0.107. The summed E-state index contributed by atoms with van der Waals surface area (Å²) < 4.78 is 46.2. The van der Waals surface area contributed by atoms with E-state index in [2.05, 4.69) is 34.8 Å². The van der Waals surface area contributed by atoms with Crippen LogP contribution in [0.25, 0.3) is 0 Å². The summed E-state index contributed by atoms with van der Waals surface area (Å²) in [6.45, 7) is 0. The lowest BCUT2D eigenvalue weighted by atomic mass is 10.4. The van der Waals surface area contributed by atoms with Gasteiger partial charge in [0.2, 0.25) is 4.84 Å². The first-order valence-electron chi connectivity index (χ1n) is 1.82. The van der Waals surface area contributed by atoms with Crippen LogP contribution in [0.3, 0.4) is 0 Å². The topological polar surface area (TPSA) is 0 Å². The molecule has 0 nitrogen and oxygen atoms in total. The molecule has 0 fully saturated rings. The van der Waals surface area contributed by atoms with Gasteiger partial charge in [-0.25, -0.2) is 4.39 Å². The highest BCUT2D eigenvalue weighted by molar-refractivity contribution is 6.57. The summed E-state index contributed by atoms with van der Waals surface area (Å²) in [6.07, 6.45) is -5.28. The normalized spacial score (nSPS) is 19.2. The Morgan fingerprint density at radius 3 is 1.30 bits per heavy atom. The van der Waals surface area contributed by atoms with Crippen LogP contribution < -0.4 is 0 Å². The van der Waals surface area contributed by atoms with Crippen LogP contribution in [0.4, 0.5) is 17.6 Å². The van der Waals surface area contributed by atoms with Crippen molar-refractivity contribution < 1.29 is 17.6 Å². The van der Waals surface area contributed by atoms with E-state index in [1.165, 1.54) is 0 Å². The van der Waals surface area contributed by atoms with Gasteiger partial charge in [0.1, 0.15) is 0 Å². The molecule has 0 amide bonds. The third-order valence-corrected chi connectivity index (χ3v) is 1.71. The molecule has 0 aliphatic heterocycles. The van der Waals surface area contributed by atoms with E-state index in [0.717, 1.165) is 0 Å². The minimum atomic E-state index is -5.28. The molecular formula is C3Cl3F4. The first-order valence-corrected chi connectivity index (χ1v) is 2.96. The first kappa shape index (κ1) is 10.6. The third kappa shape index (κ3) is 2.04. The van der Waals surface area contributed by atoms with Crippen LogP contribution in [0, 0.1) is 4.84 Å². The molecule has 0 N–H and O–H groups in total. The van der Waals surface area contributed by atoms with E-state index in [4.69, 9.17) is 0 Å². The number of rotatable bonds is 1. The van der Waals surface area contributed by atoms with Crippen LogP contribution in [0.15, 0.2) is 0 Å². The Hall–Kier alpha value is 0.590. The molecule has 0 saturated carbocycles. The maximum Gasteiger partial charge on any atom is 0.440 e. The lowest BCUT2D eigenvalue weighted by molar-refractivity contribution is -0.186. The number of hydrogen-bond acceptors (Lipinski definition) is 0. The smallest absolute Gasteiger partial charge is 0.212 e. The van der Waals surface area contributed by atoms with Gasteiger partial charge in [0.15, 0.2) is 0 Å². The Labute approximate surface area is 69.0 Å². The molecule has 0 aromatic carbocycles. The summed E-state index contributed by atoms with van der Waals surface area (Å²) in [5.41, 5.74) is 0. The van der Waals surface area contributed by atoms with Gasteiger partial charge in [-0.1, -0.05) is 34.8 Å². The Bertz CT molecular complexity index is 117. The molecule has 61 valence electrons. The molecule has 0 rings (SSSR count). The van der Waals surface area contributed by atoms with Crippen LogP contribution in [0.1, 0.15) is 0 Å². The Kier molecular flexibility index (Phi) is 3.08. The van der Waals surface area contributed by atoms with Crippen LogP contribution in [0.5, 0.6) is 0 Å². The zero-order valence-electron chi connectivity index (χ0n) is 4.15. The van der Waals surface area contributed by atoms with Crippen LogP contribution in [-0.4, -0.2) is 11.3 Å². The van der Waals surface area contributed by atoms with E-state index in [-0.39, 0.29) is 0 Å². The van der Waals surface area contributed by atoms with Gasteiger partial charge in [-0.15, -0.1) is 0 Å². The number of hydrogen-bond donors (Lipinski definition) is 0. The van der Waals surface area contributed by atoms with Gasteiger partial charge in [-0.2, -0.15) is 13.2 Å². The fraction of sp³-hybridized carbons (Fsp3) is 0.667. The van der Waals surface area contributed by atoms with Gasteiger partial charge in [-0.05, 0) is 0 Å². The second-order valence-electron chi connectivity index (χ2n) is 1.33. The molecule has 0 spiro atoms. The molecule has 0 heterocycles. The Morgan fingerprint density at radius 2 is 1.30 bits per heavy atom. The van der Waals surface area contributed by atoms with Crippen molar-refractivity contribution in [3.63, 3.8) is 0 Å². The predicted octanol–water partition coefficient (Wildman–Crippen LogP) is 3.42. The summed E-state index contributed by atoms with van der Waals surface area (Å²) in [5.74, 6) is 0. The highest BCUT2D eigenvalue weighted by atomic mass is 35.5. The zero-order valence-corrected chi connectivity index (χ0v) is 6.41. The largest absolute Gasteiger partial charge is 0.440 e. The minimum absolute atomic E-state index is 1.57. The number of halogens is 7. The van der Waals surface area contributed by atoms with E-state index < -0.39 is 16.1 Å². The summed E-state index contributed by atoms with van der Waals surface area (Å²) >= 11 is 13.3. The second kappa shape index (κ2) is 2.91. The van der Waals surface area contributed by atoms with Crippen molar-refractivity contribution in [1.29, 1.82) is 0 Å². The lowest BCUT2D eigenvalue weighted by Gasteiger charge is -2.20. The Morgan fingerprint density at radius 1 is 1.00 bits per heavy atom. The molecule has 1 unspecified atom stereocenters. The summed E-state index contributed by atoms with van der Waals surface area (Å²) in [7, 11) is 0. The molecule has 0 bridgehead atoms. The molecule has 0 saturated heterocycles. The summed E-state index contributed by atoms with van der Waals surface area (Å²) in [4.78, 5) is -1.57. The molecule has 0 aliphatic rings. The SMILES string of the molecule is FC(F)(F)C(F)(Cl)[C](Cl)Cl. The average molecular weight is 218 g/mol. The first-order chi connectivity index (χ1) is 4.19.